The number of nitrogens with zero attached hydrogens (tertiary/aromatic N) is 3. The fourth-order valence-corrected chi connectivity index (χ4v) is 2.69. The minimum atomic E-state index is 0.0882. The molecule has 2 aromatic rings. The lowest BCUT2D eigenvalue weighted by atomic mass is 10.1. The van der Waals surface area contributed by atoms with Gasteiger partial charge in [0.05, 0.1) is 19.8 Å². The zero-order chi connectivity index (χ0) is 13.9. The quantitative estimate of drug-likeness (QED) is 0.922. The van der Waals surface area contributed by atoms with E-state index in [0.717, 1.165) is 42.2 Å². The molecule has 1 unspecified atom stereocenters. The van der Waals surface area contributed by atoms with E-state index in [1.165, 1.54) is 0 Å². The summed E-state index contributed by atoms with van der Waals surface area (Å²) in [6.45, 7) is 0.134. The Morgan fingerprint density at radius 2 is 2.35 bits per heavy atom. The number of aliphatic hydroxyl groups is 1. The molecule has 0 saturated carbocycles. The van der Waals surface area contributed by atoms with Crippen molar-refractivity contribution < 1.29 is 9.84 Å². The maximum Gasteiger partial charge on any atom is 0.155 e. The van der Waals surface area contributed by atoms with E-state index in [0.29, 0.717) is 6.42 Å². The first kappa shape index (κ1) is 13.1. The molecule has 0 saturated heterocycles. The summed E-state index contributed by atoms with van der Waals surface area (Å²) in [7, 11) is 1.67. The van der Waals surface area contributed by atoms with Crippen LogP contribution in [0.1, 0.15) is 36.1 Å². The molecule has 106 valence electrons. The van der Waals surface area contributed by atoms with Crippen molar-refractivity contribution in [3.05, 3.63) is 41.5 Å². The van der Waals surface area contributed by atoms with Gasteiger partial charge in [-0.05, 0) is 30.5 Å². The largest absolute Gasteiger partial charge is 0.497 e. The van der Waals surface area contributed by atoms with Crippen molar-refractivity contribution in [1.29, 1.82) is 0 Å². The molecule has 0 amide bonds. The summed E-state index contributed by atoms with van der Waals surface area (Å²) in [6, 6.07) is 8.04. The van der Waals surface area contributed by atoms with Gasteiger partial charge in [0.1, 0.15) is 11.6 Å². The van der Waals surface area contributed by atoms with E-state index in [4.69, 9.17) is 4.74 Å². The summed E-state index contributed by atoms with van der Waals surface area (Å²) in [5, 5.41) is 14.0. The van der Waals surface area contributed by atoms with E-state index in [1.54, 1.807) is 7.11 Å². The topological polar surface area (TPSA) is 60.2 Å². The molecule has 1 aromatic heterocycles. The molecule has 1 N–H and O–H groups in total. The van der Waals surface area contributed by atoms with Gasteiger partial charge >= 0.3 is 0 Å². The van der Waals surface area contributed by atoms with Crippen molar-refractivity contribution in [2.75, 3.05) is 13.7 Å². The Kier molecular flexibility index (Phi) is 3.69. The lowest BCUT2D eigenvalue weighted by Crippen LogP contribution is -2.22. The first-order valence-electron chi connectivity index (χ1n) is 6.98. The zero-order valence-corrected chi connectivity index (χ0v) is 11.6. The summed E-state index contributed by atoms with van der Waals surface area (Å²) in [6.07, 6.45) is 3.69. The lowest BCUT2D eigenvalue weighted by molar-refractivity contribution is 0.195. The number of ether oxygens (including phenoxy) is 1. The molecule has 2 heterocycles. The SMILES string of the molecule is COc1cccc(Cc2nc3n(n2)C(CO)CCC3)c1. The van der Waals surface area contributed by atoms with Crippen molar-refractivity contribution in [2.45, 2.75) is 31.7 Å². The van der Waals surface area contributed by atoms with Crippen molar-refractivity contribution in [3.63, 3.8) is 0 Å². The highest BCUT2D eigenvalue weighted by molar-refractivity contribution is 5.30. The summed E-state index contributed by atoms with van der Waals surface area (Å²) in [5.74, 6) is 2.65. The van der Waals surface area contributed by atoms with Crippen LogP contribution in [-0.2, 0) is 12.8 Å². The van der Waals surface area contributed by atoms with Crippen LogP contribution in [-0.4, -0.2) is 33.6 Å². The molecule has 5 heteroatoms. The van der Waals surface area contributed by atoms with Crippen LogP contribution in [0.5, 0.6) is 5.75 Å². The Morgan fingerprint density at radius 3 is 3.15 bits per heavy atom. The van der Waals surface area contributed by atoms with Crippen molar-refractivity contribution in [3.8, 4) is 5.75 Å². The molecule has 20 heavy (non-hydrogen) atoms. The number of aliphatic hydroxyl groups excluding tert-OH is 1. The zero-order valence-electron chi connectivity index (χ0n) is 11.6. The number of benzene rings is 1. The number of aromatic nitrogens is 3. The molecule has 1 atom stereocenters. The molecule has 0 spiro atoms. The second-order valence-electron chi connectivity index (χ2n) is 5.15. The van der Waals surface area contributed by atoms with Gasteiger partial charge in [0, 0.05) is 12.8 Å². The third-order valence-electron chi connectivity index (χ3n) is 3.74. The molecule has 0 radical (unpaired) electrons. The number of fused-ring (bicyclic) bond motifs is 1. The number of hydrogen-bond acceptors (Lipinski definition) is 4. The standard InChI is InChI=1S/C15H19N3O2/c1-20-13-6-2-4-11(8-13)9-14-16-15-7-3-5-12(10-19)18(15)17-14/h2,4,6,8,12,19H,3,5,7,9-10H2,1H3. The number of rotatable bonds is 4. The maximum absolute atomic E-state index is 9.40. The van der Waals surface area contributed by atoms with Crippen molar-refractivity contribution in [1.82, 2.24) is 14.8 Å². The average molecular weight is 273 g/mol. The van der Waals surface area contributed by atoms with Crippen LogP contribution in [0.3, 0.4) is 0 Å². The Hall–Kier alpha value is -1.88. The average Bonchev–Trinajstić information content (AvgIpc) is 2.89. The molecule has 1 aliphatic rings. The highest BCUT2D eigenvalue weighted by atomic mass is 16.5. The summed E-state index contributed by atoms with van der Waals surface area (Å²) in [4.78, 5) is 4.60. The van der Waals surface area contributed by atoms with Gasteiger partial charge in [-0.1, -0.05) is 12.1 Å². The fourth-order valence-electron chi connectivity index (χ4n) is 2.69. The first-order chi connectivity index (χ1) is 9.80. The van der Waals surface area contributed by atoms with E-state index in [2.05, 4.69) is 10.1 Å². The van der Waals surface area contributed by atoms with Crippen LogP contribution in [0.4, 0.5) is 0 Å². The molecule has 0 aliphatic carbocycles. The maximum atomic E-state index is 9.40. The van der Waals surface area contributed by atoms with Crippen molar-refractivity contribution >= 4 is 0 Å². The highest BCUT2D eigenvalue weighted by Crippen LogP contribution is 2.23. The predicted molar refractivity (Wildman–Crippen MR) is 74.9 cm³/mol. The summed E-state index contributed by atoms with van der Waals surface area (Å²) in [5.41, 5.74) is 1.13. The molecule has 1 aromatic carbocycles. The second kappa shape index (κ2) is 5.63. The third kappa shape index (κ3) is 2.54. The second-order valence-corrected chi connectivity index (χ2v) is 5.15. The number of methoxy groups -OCH3 is 1. The van der Waals surface area contributed by atoms with E-state index in [9.17, 15) is 5.11 Å². The van der Waals surface area contributed by atoms with Gasteiger partial charge in [-0.2, -0.15) is 5.10 Å². The van der Waals surface area contributed by atoms with Crippen LogP contribution in [0.2, 0.25) is 0 Å². The smallest absolute Gasteiger partial charge is 0.155 e. The van der Waals surface area contributed by atoms with Gasteiger partial charge < -0.3 is 9.84 Å². The Bertz CT molecular complexity index is 595. The van der Waals surface area contributed by atoms with Gasteiger partial charge in [0.15, 0.2) is 5.82 Å². The number of aryl methyl sites for hydroxylation is 1. The van der Waals surface area contributed by atoms with E-state index in [1.807, 2.05) is 28.9 Å². The first-order valence-corrected chi connectivity index (χ1v) is 6.98. The Morgan fingerprint density at radius 1 is 1.45 bits per heavy atom. The van der Waals surface area contributed by atoms with E-state index >= 15 is 0 Å². The molecule has 3 rings (SSSR count). The number of hydrogen-bond donors (Lipinski definition) is 1. The van der Waals surface area contributed by atoms with Crippen LogP contribution < -0.4 is 4.74 Å². The van der Waals surface area contributed by atoms with E-state index < -0.39 is 0 Å². The molecule has 0 fully saturated rings. The predicted octanol–water partition coefficient (Wildman–Crippen LogP) is 1.75. The highest BCUT2D eigenvalue weighted by Gasteiger charge is 2.22. The lowest BCUT2D eigenvalue weighted by Gasteiger charge is -2.20. The van der Waals surface area contributed by atoms with Crippen LogP contribution in [0.25, 0.3) is 0 Å². The normalized spacial score (nSPS) is 17.8. The van der Waals surface area contributed by atoms with E-state index in [-0.39, 0.29) is 12.6 Å². The monoisotopic (exact) mass is 273 g/mol. The molecule has 0 bridgehead atoms. The van der Waals surface area contributed by atoms with Gasteiger partial charge in [-0.3, -0.25) is 0 Å². The minimum absolute atomic E-state index is 0.0882. The van der Waals surface area contributed by atoms with Gasteiger partial charge in [-0.15, -0.1) is 0 Å². The summed E-state index contributed by atoms with van der Waals surface area (Å²) < 4.78 is 7.13. The van der Waals surface area contributed by atoms with Crippen molar-refractivity contribution in [2.24, 2.45) is 0 Å². The summed E-state index contributed by atoms with van der Waals surface area (Å²) >= 11 is 0. The third-order valence-corrected chi connectivity index (χ3v) is 3.74. The molecular weight excluding hydrogens is 254 g/mol. The Labute approximate surface area is 118 Å². The minimum Gasteiger partial charge on any atom is -0.497 e. The molecule has 5 nitrogen and oxygen atoms in total. The molecular formula is C15H19N3O2. The van der Waals surface area contributed by atoms with Gasteiger partial charge in [-0.25, -0.2) is 9.67 Å². The van der Waals surface area contributed by atoms with Crippen LogP contribution in [0, 0.1) is 0 Å². The van der Waals surface area contributed by atoms with Gasteiger partial charge in [0.25, 0.3) is 0 Å². The fraction of sp³-hybridized carbons (Fsp3) is 0.467. The molecule has 1 aliphatic heterocycles. The van der Waals surface area contributed by atoms with Crippen LogP contribution >= 0.6 is 0 Å². The van der Waals surface area contributed by atoms with Gasteiger partial charge in [0.2, 0.25) is 0 Å². The Balaban J connectivity index is 1.83. The van der Waals surface area contributed by atoms with Crippen LogP contribution in [0.15, 0.2) is 24.3 Å².